The smallest absolute Gasteiger partial charge is 0.142 e. The Bertz CT molecular complexity index is 853. The second-order valence-electron chi connectivity index (χ2n) is 5.64. The van der Waals surface area contributed by atoms with Gasteiger partial charge in [-0.2, -0.15) is 0 Å². The number of halogens is 1. The summed E-state index contributed by atoms with van der Waals surface area (Å²) in [5.74, 6) is 0. The van der Waals surface area contributed by atoms with Crippen molar-refractivity contribution in [1.29, 1.82) is 0 Å². The van der Waals surface area contributed by atoms with Crippen LogP contribution in [0.3, 0.4) is 0 Å². The lowest BCUT2D eigenvalue weighted by atomic mass is 10.2. The Morgan fingerprint density at radius 1 is 1.04 bits per heavy atom. The second-order valence-corrected chi connectivity index (χ2v) is 6.07. The molecular formula is C20H19ClN2O. The van der Waals surface area contributed by atoms with Gasteiger partial charge in [-0.25, -0.2) is 0 Å². The largest absolute Gasteiger partial charge is 0.391 e. The Hall–Kier alpha value is -2.52. The summed E-state index contributed by atoms with van der Waals surface area (Å²) in [6.07, 6.45) is 1.76. The Labute approximate surface area is 147 Å². The molecule has 0 amide bonds. The van der Waals surface area contributed by atoms with E-state index in [1.807, 2.05) is 54.6 Å². The first-order valence-corrected chi connectivity index (χ1v) is 8.17. The Morgan fingerprint density at radius 2 is 1.83 bits per heavy atom. The second kappa shape index (κ2) is 7.37. The summed E-state index contributed by atoms with van der Waals surface area (Å²) < 4.78 is 2.16. The number of aromatic nitrogens is 1. The third-order valence-corrected chi connectivity index (χ3v) is 4.11. The van der Waals surface area contributed by atoms with E-state index in [9.17, 15) is 0 Å². The van der Waals surface area contributed by atoms with Crippen LogP contribution in [-0.4, -0.2) is 10.8 Å². The molecule has 0 N–H and O–H groups in total. The van der Waals surface area contributed by atoms with E-state index in [4.69, 9.17) is 16.4 Å². The molecule has 4 heteroatoms. The van der Waals surface area contributed by atoms with E-state index < -0.39 is 0 Å². The maximum atomic E-state index is 6.11. The molecule has 0 saturated carbocycles. The molecular weight excluding hydrogens is 320 g/mol. The lowest BCUT2D eigenvalue weighted by Crippen LogP contribution is -1.99. The lowest BCUT2D eigenvalue weighted by Gasteiger charge is -2.09. The van der Waals surface area contributed by atoms with Crippen molar-refractivity contribution < 1.29 is 4.84 Å². The van der Waals surface area contributed by atoms with E-state index in [2.05, 4.69) is 29.6 Å². The number of rotatable bonds is 5. The summed E-state index contributed by atoms with van der Waals surface area (Å²) in [4.78, 5) is 5.39. The normalized spacial score (nSPS) is 11.1. The summed E-state index contributed by atoms with van der Waals surface area (Å²) >= 11 is 6.11. The third kappa shape index (κ3) is 3.69. The zero-order valence-electron chi connectivity index (χ0n) is 13.7. The summed E-state index contributed by atoms with van der Waals surface area (Å²) in [6, 6.07) is 19.9. The molecule has 0 atom stereocenters. The SMILES string of the molecule is Cc1cc(/C=N/OCc2ccccc2)c(C)n1-c1cccc(Cl)c1. The molecule has 0 aliphatic heterocycles. The highest BCUT2D eigenvalue weighted by molar-refractivity contribution is 6.30. The molecule has 0 unspecified atom stereocenters. The average Bonchev–Trinajstić information content (AvgIpc) is 2.86. The molecule has 1 aromatic heterocycles. The van der Waals surface area contributed by atoms with Gasteiger partial charge < -0.3 is 9.40 Å². The fourth-order valence-corrected chi connectivity index (χ4v) is 2.90. The van der Waals surface area contributed by atoms with Gasteiger partial charge in [-0.15, -0.1) is 0 Å². The van der Waals surface area contributed by atoms with Crippen LogP contribution < -0.4 is 0 Å². The van der Waals surface area contributed by atoms with Crippen LogP contribution in [0.1, 0.15) is 22.5 Å². The molecule has 0 saturated heterocycles. The molecule has 1 heterocycles. The van der Waals surface area contributed by atoms with Gasteiger partial charge in [-0.05, 0) is 43.7 Å². The minimum Gasteiger partial charge on any atom is -0.391 e. The minimum atomic E-state index is 0.463. The monoisotopic (exact) mass is 338 g/mol. The van der Waals surface area contributed by atoms with Gasteiger partial charge in [0.1, 0.15) is 6.61 Å². The molecule has 0 radical (unpaired) electrons. The number of hydrogen-bond acceptors (Lipinski definition) is 2. The topological polar surface area (TPSA) is 26.5 Å². The summed E-state index contributed by atoms with van der Waals surface area (Å²) in [5, 5.41) is 4.82. The average molecular weight is 339 g/mol. The van der Waals surface area contributed by atoms with Crippen LogP contribution in [0.4, 0.5) is 0 Å². The van der Waals surface area contributed by atoms with Gasteiger partial charge in [0.2, 0.25) is 0 Å². The number of benzene rings is 2. The first-order valence-electron chi connectivity index (χ1n) is 7.79. The lowest BCUT2D eigenvalue weighted by molar-refractivity contribution is 0.132. The number of aryl methyl sites for hydroxylation is 1. The van der Waals surface area contributed by atoms with Crippen LogP contribution >= 0.6 is 11.6 Å². The van der Waals surface area contributed by atoms with Gasteiger partial charge in [0, 0.05) is 27.7 Å². The van der Waals surface area contributed by atoms with Crippen molar-refractivity contribution in [1.82, 2.24) is 4.57 Å². The molecule has 122 valence electrons. The highest BCUT2D eigenvalue weighted by Gasteiger charge is 2.09. The fourth-order valence-electron chi connectivity index (χ4n) is 2.71. The molecule has 2 aromatic carbocycles. The minimum absolute atomic E-state index is 0.463. The number of nitrogens with zero attached hydrogens (tertiary/aromatic N) is 2. The van der Waals surface area contributed by atoms with E-state index >= 15 is 0 Å². The van der Waals surface area contributed by atoms with Crippen molar-refractivity contribution in [2.75, 3.05) is 0 Å². The highest BCUT2D eigenvalue weighted by atomic mass is 35.5. The van der Waals surface area contributed by atoms with E-state index in [0.29, 0.717) is 6.61 Å². The van der Waals surface area contributed by atoms with Gasteiger partial charge in [0.15, 0.2) is 0 Å². The summed E-state index contributed by atoms with van der Waals surface area (Å²) in [7, 11) is 0. The van der Waals surface area contributed by atoms with Crippen molar-refractivity contribution >= 4 is 17.8 Å². The van der Waals surface area contributed by atoms with Crippen LogP contribution in [0.5, 0.6) is 0 Å². The first kappa shape index (κ1) is 16.3. The standard InChI is InChI=1S/C20H19ClN2O/c1-15-11-18(13-22-24-14-17-7-4-3-5-8-17)16(2)23(15)20-10-6-9-19(21)12-20/h3-13H,14H2,1-2H3/b22-13+. The Kier molecular flexibility index (Phi) is 5.02. The molecule has 0 aliphatic rings. The molecule has 0 aliphatic carbocycles. The molecule has 24 heavy (non-hydrogen) atoms. The predicted octanol–water partition coefficient (Wildman–Crippen LogP) is 5.30. The maximum absolute atomic E-state index is 6.11. The highest BCUT2D eigenvalue weighted by Crippen LogP contribution is 2.22. The summed E-state index contributed by atoms with van der Waals surface area (Å²) in [5.41, 5.74) is 5.39. The van der Waals surface area contributed by atoms with Crippen molar-refractivity contribution in [3.05, 3.63) is 88.2 Å². The van der Waals surface area contributed by atoms with E-state index in [1.165, 1.54) is 0 Å². The predicted molar refractivity (Wildman–Crippen MR) is 99.1 cm³/mol. The van der Waals surface area contributed by atoms with Gasteiger partial charge in [-0.3, -0.25) is 0 Å². The van der Waals surface area contributed by atoms with Crippen molar-refractivity contribution in [2.24, 2.45) is 5.16 Å². The zero-order valence-corrected chi connectivity index (χ0v) is 14.5. The zero-order chi connectivity index (χ0) is 16.9. The molecule has 0 fully saturated rings. The summed E-state index contributed by atoms with van der Waals surface area (Å²) in [6.45, 7) is 4.59. The number of oxime groups is 1. The van der Waals surface area contributed by atoms with E-state index in [-0.39, 0.29) is 0 Å². The molecule has 0 spiro atoms. The van der Waals surface area contributed by atoms with Crippen molar-refractivity contribution in [2.45, 2.75) is 20.5 Å². The van der Waals surface area contributed by atoms with Crippen LogP contribution in [0.2, 0.25) is 5.02 Å². The molecule has 3 aromatic rings. The van der Waals surface area contributed by atoms with Crippen LogP contribution in [0.15, 0.2) is 65.8 Å². The van der Waals surface area contributed by atoms with Gasteiger partial charge >= 0.3 is 0 Å². The van der Waals surface area contributed by atoms with Crippen molar-refractivity contribution in [3.8, 4) is 5.69 Å². The molecule has 0 bridgehead atoms. The molecule has 3 nitrogen and oxygen atoms in total. The maximum Gasteiger partial charge on any atom is 0.142 e. The van der Waals surface area contributed by atoms with E-state index in [0.717, 1.165) is 33.2 Å². The van der Waals surface area contributed by atoms with Crippen LogP contribution in [-0.2, 0) is 11.4 Å². The van der Waals surface area contributed by atoms with Crippen molar-refractivity contribution in [3.63, 3.8) is 0 Å². The Morgan fingerprint density at radius 3 is 2.58 bits per heavy atom. The molecule has 3 rings (SSSR count). The first-order chi connectivity index (χ1) is 11.6. The fraction of sp³-hybridized carbons (Fsp3) is 0.150. The quantitative estimate of drug-likeness (QED) is 0.458. The number of hydrogen-bond donors (Lipinski definition) is 0. The van der Waals surface area contributed by atoms with Gasteiger partial charge in [0.05, 0.1) is 6.21 Å². The van der Waals surface area contributed by atoms with Gasteiger partial charge in [0.25, 0.3) is 0 Å². The van der Waals surface area contributed by atoms with Crippen LogP contribution in [0, 0.1) is 13.8 Å². The van der Waals surface area contributed by atoms with Crippen LogP contribution in [0.25, 0.3) is 5.69 Å². The van der Waals surface area contributed by atoms with Gasteiger partial charge in [-0.1, -0.05) is 53.2 Å². The third-order valence-electron chi connectivity index (χ3n) is 3.88. The Balaban J connectivity index is 1.75. The van der Waals surface area contributed by atoms with E-state index in [1.54, 1.807) is 6.21 Å².